The fourth-order valence-corrected chi connectivity index (χ4v) is 1.81. The number of hydrazine groups is 1. The van der Waals surface area contributed by atoms with Crippen LogP contribution < -0.4 is 10.4 Å². The van der Waals surface area contributed by atoms with Crippen LogP contribution in [-0.4, -0.2) is 29.2 Å². The molecule has 0 saturated carbocycles. The molecule has 0 aliphatic heterocycles. The summed E-state index contributed by atoms with van der Waals surface area (Å²) in [7, 11) is 0. The first kappa shape index (κ1) is 15.0. The van der Waals surface area contributed by atoms with Crippen molar-refractivity contribution in [1.82, 2.24) is 5.43 Å². The van der Waals surface area contributed by atoms with Gasteiger partial charge in [-0.3, -0.25) is 4.79 Å². The highest BCUT2D eigenvalue weighted by atomic mass is 32.1. The Balaban J connectivity index is 2.97. The minimum absolute atomic E-state index is 0.226. The van der Waals surface area contributed by atoms with Crippen LogP contribution in [0.2, 0.25) is 0 Å². The molecule has 1 aromatic rings. The summed E-state index contributed by atoms with van der Waals surface area (Å²) in [4.78, 5) is 33.6. The molecule has 19 heavy (non-hydrogen) atoms. The van der Waals surface area contributed by atoms with E-state index in [1.807, 2.05) is 5.43 Å². The second-order valence-corrected chi connectivity index (χ2v) is 5.50. The zero-order valence-corrected chi connectivity index (χ0v) is 11.5. The molecular weight excluding hydrogens is 272 g/mol. The SMILES string of the molecule is CC(C)(C)OC(=O)N(NC(=O)O)c1csc(C=O)c1. The molecule has 0 aromatic carbocycles. The Labute approximate surface area is 113 Å². The highest BCUT2D eigenvalue weighted by Gasteiger charge is 2.25. The molecule has 0 bridgehead atoms. The molecule has 0 aliphatic rings. The molecule has 0 aliphatic carbocycles. The number of anilines is 1. The van der Waals surface area contributed by atoms with Crippen molar-refractivity contribution in [3.05, 3.63) is 16.3 Å². The highest BCUT2D eigenvalue weighted by Crippen LogP contribution is 2.22. The first-order valence-corrected chi connectivity index (χ1v) is 6.17. The third-order valence-corrected chi connectivity index (χ3v) is 2.61. The zero-order valence-electron chi connectivity index (χ0n) is 10.7. The molecule has 2 N–H and O–H groups in total. The molecule has 7 nitrogen and oxygen atoms in total. The van der Waals surface area contributed by atoms with Crippen molar-refractivity contribution in [3.8, 4) is 0 Å². The number of aldehydes is 1. The van der Waals surface area contributed by atoms with E-state index in [2.05, 4.69) is 0 Å². The van der Waals surface area contributed by atoms with E-state index in [0.717, 1.165) is 16.3 Å². The van der Waals surface area contributed by atoms with Crippen molar-refractivity contribution in [2.24, 2.45) is 0 Å². The maximum absolute atomic E-state index is 11.9. The smallest absolute Gasteiger partial charge is 0.434 e. The van der Waals surface area contributed by atoms with Crippen LogP contribution in [-0.2, 0) is 4.74 Å². The number of hydrogen-bond donors (Lipinski definition) is 2. The highest BCUT2D eigenvalue weighted by molar-refractivity contribution is 7.12. The summed E-state index contributed by atoms with van der Waals surface area (Å²) in [5, 5.41) is 10.9. The summed E-state index contributed by atoms with van der Waals surface area (Å²) < 4.78 is 5.08. The molecule has 1 rings (SSSR count). The van der Waals surface area contributed by atoms with E-state index in [4.69, 9.17) is 9.84 Å². The molecule has 0 unspecified atom stereocenters. The number of rotatable bonds is 2. The topological polar surface area (TPSA) is 95.9 Å². The summed E-state index contributed by atoms with van der Waals surface area (Å²) in [6.45, 7) is 4.98. The molecule has 0 spiro atoms. The lowest BCUT2D eigenvalue weighted by atomic mass is 10.2. The van der Waals surface area contributed by atoms with E-state index in [0.29, 0.717) is 11.2 Å². The molecule has 1 aromatic heterocycles. The molecule has 0 atom stereocenters. The number of ether oxygens (including phenoxy) is 1. The average molecular weight is 286 g/mol. The third kappa shape index (κ3) is 4.59. The van der Waals surface area contributed by atoms with Gasteiger partial charge in [-0.2, -0.15) is 5.01 Å². The molecule has 104 valence electrons. The van der Waals surface area contributed by atoms with Crippen LogP contribution in [0.25, 0.3) is 0 Å². The van der Waals surface area contributed by atoms with E-state index in [9.17, 15) is 14.4 Å². The van der Waals surface area contributed by atoms with E-state index in [1.54, 1.807) is 20.8 Å². The Bertz CT molecular complexity index is 492. The summed E-state index contributed by atoms with van der Waals surface area (Å²) in [6, 6.07) is 1.39. The number of hydrogen-bond acceptors (Lipinski definition) is 5. The van der Waals surface area contributed by atoms with Crippen LogP contribution in [0.1, 0.15) is 30.4 Å². The molecule has 0 fully saturated rings. The second kappa shape index (κ2) is 5.70. The Hall–Kier alpha value is -2.09. The van der Waals surface area contributed by atoms with Crippen molar-refractivity contribution < 1.29 is 24.2 Å². The van der Waals surface area contributed by atoms with Gasteiger partial charge < -0.3 is 9.84 Å². The summed E-state index contributed by atoms with van der Waals surface area (Å²) in [5.74, 6) is 0. The lowest BCUT2D eigenvalue weighted by molar-refractivity contribution is 0.0559. The van der Waals surface area contributed by atoms with Crippen LogP contribution in [0.4, 0.5) is 15.3 Å². The predicted molar refractivity (Wildman–Crippen MR) is 69.6 cm³/mol. The fourth-order valence-electron chi connectivity index (χ4n) is 1.14. The quantitative estimate of drug-likeness (QED) is 0.643. The van der Waals surface area contributed by atoms with Crippen molar-refractivity contribution >= 4 is 35.5 Å². The average Bonchev–Trinajstić information content (AvgIpc) is 2.71. The maximum Gasteiger partial charge on any atom is 0.434 e. The van der Waals surface area contributed by atoms with E-state index in [-0.39, 0.29) is 5.69 Å². The number of carbonyl (C=O) groups is 3. The molecule has 0 radical (unpaired) electrons. The van der Waals surface area contributed by atoms with E-state index in [1.165, 1.54) is 11.4 Å². The molecule has 0 saturated heterocycles. The van der Waals surface area contributed by atoms with Crippen LogP contribution in [0.5, 0.6) is 0 Å². The van der Waals surface area contributed by atoms with Crippen LogP contribution in [0.3, 0.4) is 0 Å². The number of amides is 2. The molecular formula is C11H14N2O5S. The van der Waals surface area contributed by atoms with Gasteiger partial charge in [0, 0.05) is 5.38 Å². The van der Waals surface area contributed by atoms with Gasteiger partial charge in [-0.25, -0.2) is 15.0 Å². The Morgan fingerprint density at radius 3 is 2.53 bits per heavy atom. The second-order valence-electron chi connectivity index (χ2n) is 4.56. The standard InChI is InChI=1S/C11H14N2O5S/c1-11(2,3)18-10(17)13(12-9(15)16)7-4-8(5-14)19-6-7/h4-6,12H,1-3H3,(H,15,16). The van der Waals surface area contributed by atoms with E-state index < -0.39 is 17.8 Å². The zero-order chi connectivity index (χ0) is 14.6. The first-order chi connectivity index (χ1) is 8.73. The minimum atomic E-state index is -1.41. The van der Waals surface area contributed by atoms with E-state index >= 15 is 0 Å². The Morgan fingerprint density at radius 1 is 1.47 bits per heavy atom. The lowest BCUT2D eigenvalue weighted by Crippen LogP contribution is -2.48. The molecule has 8 heteroatoms. The number of thiophene rings is 1. The van der Waals surface area contributed by atoms with Gasteiger partial charge in [0.15, 0.2) is 6.29 Å². The Kier molecular flexibility index (Phi) is 4.49. The Morgan fingerprint density at radius 2 is 2.11 bits per heavy atom. The van der Waals surface area contributed by atoms with Gasteiger partial charge in [0.05, 0.1) is 10.6 Å². The molecule has 1 heterocycles. The summed E-state index contributed by atoms with van der Waals surface area (Å²) in [5.41, 5.74) is 1.38. The van der Waals surface area contributed by atoms with Gasteiger partial charge in [-0.15, -0.1) is 11.3 Å². The van der Waals surface area contributed by atoms with Gasteiger partial charge in [0.1, 0.15) is 5.60 Å². The van der Waals surface area contributed by atoms with Gasteiger partial charge in [0.2, 0.25) is 0 Å². The fraction of sp³-hybridized carbons (Fsp3) is 0.364. The largest absolute Gasteiger partial charge is 0.464 e. The van der Waals surface area contributed by atoms with Gasteiger partial charge in [-0.1, -0.05) is 0 Å². The van der Waals surface area contributed by atoms with Crippen molar-refractivity contribution in [3.63, 3.8) is 0 Å². The first-order valence-electron chi connectivity index (χ1n) is 5.29. The van der Waals surface area contributed by atoms with Crippen molar-refractivity contribution in [2.75, 3.05) is 5.01 Å². The summed E-state index contributed by atoms with van der Waals surface area (Å²) in [6.07, 6.45) is -1.67. The monoisotopic (exact) mass is 286 g/mol. The normalized spacial score (nSPS) is 10.7. The lowest BCUT2D eigenvalue weighted by Gasteiger charge is -2.25. The summed E-state index contributed by atoms with van der Waals surface area (Å²) >= 11 is 1.09. The minimum Gasteiger partial charge on any atom is -0.464 e. The number of nitrogens with one attached hydrogen (secondary N) is 1. The maximum atomic E-state index is 11.9. The van der Waals surface area contributed by atoms with Crippen molar-refractivity contribution in [1.29, 1.82) is 0 Å². The third-order valence-electron chi connectivity index (χ3n) is 1.76. The van der Waals surface area contributed by atoms with Gasteiger partial charge >= 0.3 is 12.2 Å². The van der Waals surface area contributed by atoms with Gasteiger partial charge in [-0.05, 0) is 26.8 Å². The van der Waals surface area contributed by atoms with Crippen molar-refractivity contribution in [2.45, 2.75) is 26.4 Å². The number of nitrogens with zero attached hydrogens (tertiary/aromatic N) is 1. The predicted octanol–water partition coefficient (Wildman–Crippen LogP) is 2.48. The van der Waals surface area contributed by atoms with Crippen LogP contribution >= 0.6 is 11.3 Å². The number of carbonyl (C=O) groups excluding carboxylic acids is 2. The van der Waals surface area contributed by atoms with Crippen LogP contribution in [0.15, 0.2) is 11.4 Å². The van der Waals surface area contributed by atoms with Gasteiger partial charge in [0.25, 0.3) is 0 Å². The number of carboxylic acid groups (broad SMARTS) is 1. The molecule has 2 amide bonds. The van der Waals surface area contributed by atoms with Crippen LogP contribution in [0, 0.1) is 0 Å².